The Hall–Kier alpha value is -1.86. The summed E-state index contributed by atoms with van der Waals surface area (Å²) in [5, 5.41) is 0. The molecule has 1 saturated carbocycles. The van der Waals surface area contributed by atoms with Crippen LogP contribution in [0.2, 0.25) is 0 Å². The van der Waals surface area contributed by atoms with Crippen molar-refractivity contribution in [3.63, 3.8) is 0 Å². The smallest absolute Gasteiger partial charge is 0.433 e. The summed E-state index contributed by atoms with van der Waals surface area (Å²) < 4.78 is 42.7. The molecule has 0 aromatic carbocycles. The third-order valence-corrected chi connectivity index (χ3v) is 2.78. The van der Waals surface area contributed by atoms with Crippen LogP contribution in [0.4, 0.5) is 19.1 Å². The monoisotopic (exact) mass is 289 g/mol. The van der Waals surface area contributed by atoms with E-state index in [9.17, 15) is 18.0 Å². The van der Waals surface area contributed by atoms with E-state index in [2.05, 4.69) is 9.97 Å². The predicted octanol–water partition coefficient (Wildman–Crippen LogP) is 2.03. The molecule has 0 atom stereocenters. The number of rotatable bonds is 5. The lowest BCUT2D eigenvalue weighted by molar-refractivity contribution is -0.141. The van der Waals surface area contributed by atoms with Crippen LogP contribution < -0.4 is 4.90 Å². The van der Waals surface area contributed by atoms with Gasteiger partial charge in [0, 0.05) is 12.2 Å². The molecule has 0 bridgehead atoms. The Kier molecular flexibility index (Phi) is 4.10. The summed E-state index contributed by atoms with van der Waals surface area (Å²) in [6, 6.07) is 0.807. The van der Waals surface area contributed by atoms with E-state index in [1.165, 1.54) is 4.90 Å². The topological polar surface area (TPSA) is 55.3 Å². The highest BCUT2D eigenvalue weighted by Crippen LogP contribution is 2.32. The third kappa shape index (κ3) is 3.58. The Morgan fingerprint density at radius 1 is 1.50 bits per heavy atom. The molecule has 1 fully saturated rings. The molecule has 0 N–H and O–H groups in total. The molecule has 1 aliphatic rings. The molecule has 0 radical (unpaired) electrons. The summed E-state index contributed by atoms with van der Waals surface area (Å²) in [5.41, 5.74) is -1.02. The van der Waals surface area contributed by atoms with Crippen molar-refractivity contribution in [2.24, 2.45) is 0 Å². The Morgan fingerprint density at radius 2 is 2.20 bits per heavy atom. The van der Waals surface area contributed by atoms with E-state index < -0.39 is 17.8 Å². The molecule has 0 saturated heterocycles. The van der Waals surface area contributed by atoms with Crippen LogP contribution in [-0.4, -0.2) is 35.1 Å². The molecule has 0 spiro atoms. The van der Waals surface area contributed by atoms with E-state index in [1.54, 1.807) is 6.92 Å². The number of hydrogen-bond donors (Lipinski definition) is 0. The van der Waals surface area contributed by atoms with Gasteiger partial charge in [-0.05, 0) is 25.8 Å². The maximum atomic E-state index is 12.6. The molecular weight excluding hydrogens is 275 g/mol. The molecule has 5 nitrogen and oxygen atoms in total. The number of ether oxygens (including phenoxy) is 1. The molecule has 8 heteroatoms. The van der Waals surface area contributed by atoms with Gasteiger partial charge in [-0.25, -0.2) is 9.97 Å². The molecule has 1 aliphatic carbocycles. The first-order valence-corrected chi connectivity index (χ1v) is 6.24. The van der Waals surface area contributed by atoms with Gasteiger partial charge in [0.15, 0.2) is 0 Å². The van der Waals surface area contributed by atoms with Crippen molar-refractivity contribution < 1.29 is 22.7 Å². The minimum absolute atomic E-state index is 0.00268. The highest BCUT2D eigenvalue weighted by atomic mass is 19.4. The van der Waals surface area contributed by atoms with Crippen molar-refractivity contribution in [2.45, 2.75) is 32.0 Å². The zero-order valence-electron chi connectivity index (χ0n) is 10.9. The van der Waals surface area contributed by atoms with Crippen molar-refractivity contribution in [2.75, 3.05) is 18.1 Å². The van der Waals surface area contributed by atoms with Crippen LogP contribution in [0.5, 0.6) is 0 Å². The van der Waals surface area contributed by atoms with Gasteiger partial charge in [0.2, 0.25) is 5.95 Å². The summed E-state index contributed by atoms with van der Waals surface area (Å²) in [5.74, 6) is -0.587. The molecular formula is C12H14F3N3O2. The van der Waals surface area contributed by atoms with Gasteiger partial charge in [0.05, 0.1) is 6.61 Å². The number of alkyl halides is 3. The first-order chi connectivity index (χ1) is 9.41. The van der Waals surface area contributed by atoms with Gasteiger partial charge < -0.3 is 9.64 Å². The standard InChI is InChI=1S/C12H14F3N3O2/c1-2-20-10(19)7-18(8-3-4-8)11-16-6-5-9(17-11)12(13,14)15/h5-6,8H,2-4,7H2,1H3. The largest absolute Gasteiger partial charge is 0.465 e. The van der Waals surface area contributed by atoms with Gasteiger partial charge in [-0.2, -0.15) is 13.2 Å². The normalized spacial score (nSPS) is 15.0. The van der Waals surface area contributed by atoms with Crippen LogP contribution >= 0.6 is 0 Å². The number of halogens is 3. The fourth-order valence-electron chi connectivity index (χ4n) is 1.74. The van der Waals surface area contributed by atoms with Crippen molar-refractivity contribution in [3.05, 3.63) is 18.0 Å². The Bertz CT molecular complexity index is 489. The van der Waals surface area contributed by atoms with Crippen molar-refractivity contribution in [1.82, 2.24) is 9.97 Å². The van der Waals surface area contributed by atoms with E-state index in [1.807, 2.05) is 0 Å². The van der Waals surface area contributed by atoms with Gasteiger partial charge in [-0.15, -0.1) is 0 Å². The maximum absolute atomic E-state index is 12.6. The molecule has 1 aromatic heterocycles. The number of carbonyl (C=O) groups is 1. The van der Waals surface area contributed by atoms with Crippen LogP contribution in [0.25, 0.3) is 0 Å². The van der Waals surface area contributed by atoms with E-state index in [-0.39, 0.29) is 25.1 Å². The van der Waals surface area contributed by atoms with Gasteiger partial charge in [0.1, 0.15) is 12.2 Å². The number of aromatic nitrogens is 2. The molecule has 2 rings (SSSR count). The SMILES string of the molecule is CCOC(=O)CN(c1nccc(C(F)(F)F)n1)C1CC1. The lowest BCUT2D eigenvalue weighted by Crippen LogP contribution is -2.34. The second-order valence-electron chi connectivity index (χ2n) is 4.40. The Morgan fingerprint density at radius 3 is 2.75 bits per heavy atom. The zero-order chi connectivity index (χ0) is 14.8. The second kappa shape index (κ2) is 5.64. The fraction of sp³-hybridized carbons (Fsp3) is 0.583. The lowest BCUT2D eigenvalue weighted by Gasteiger charge is -2.21. The van der Waals surface area contributed by atoms with E-state index in [4.69, 9.17) is 4.74 Å². The molecule has 0 unspecified atom stereocenters. The predicted molar refractivity (Wildman–Crippen MR) is 64.0 cm³/mol. The minimum Gasteiger partial charge on any atom is -0.465 e. The zero-order valence-corrected chi connectivity index (χ0v) is 10.9. The molecule has 0 amide bonds. The molecule has 1 heterocycles. The van der Waals surface area contributed by atoms with Crippen LogP contribution in [0.1, 0.15) is 25.5 Å². The van der Waals surface area contributed by atoms with Crippen molar-refractivity contribution >= 4 is 11.9 Å². The number of esters is 1. The highest BCUT2D eigenvalue weighted by molar-refractivity contribution is 5.75. The fourth-order valence-corrected chi connectivity index (χ4v) is 1.74. The average Bonchev–Trinajstić information content (AvgIpc) is 3.20. The van der Waals surface area contributed by atoms with Crippen LogP contribution in [-0.2, 0) is 15.7 Å². The quantitative estimate of drug-likeness (QED) is 0.776. The van der Waals surface area contributed by atoms with Gasteiger partial charge in [-0.1, -0.05) is 0 Å². The second-order valence-corrected chi connectivity index (χ2v) is 4.40. The van der Waals surface area contributed by atoms with Crippen LogP contribution in [0, 0.1) is 0 Å². The van der Waals surface area contributed by atoms with Gasteiger partial charge in [-0.3, -0.25) is 4.79 Å². The summed E-state index contributed by atoms with van der Waals surface area (Å²) >= 11 is 0. The molecule has 1 aromatic rings. The van der Waals surface area contributed by atoms with Gasteiger partial charge in [0.25, 0.3) is 0 Å². The molecule has 110 valence electrons. The van der Waals surface area contributed by atoms with Crippen LogP contribution in [0.15, 0.2) is 12.3 Å². The van der Waals surface area contributed by atoms with E-state index >= 15 is 0 Å². The summed E-state index contributed by atoms with van der Waals surface area (Å²) in [6.45, 7) is 1.75. The number of carbonyl (C=O) groups excluding carboxylic acids is 1. The number of nitrogens with zero attached hydrogens (tertiary/aromatic N) is 3. The first kappa shape index (κ1) is 14.5. The first-order valence-electron chi connectivity index (χ1n) is 6.24. The minimum atomic E-state index is -4.53. The summed E-state index contributed by atoms with van der Waals surface area (Å²) in [7, 11) is 0. The Labute approximate surface area is 113 Å². The molecule has 20 heavy (non-hydrogen) atoms. The lowest BCUT2D eigenvalue weighted by atomic mass is 10.4. The van der Waals surface area contributed by atoms with Crippen molar-refractivity contribution in [3.8, 4) is 0 Å². The maximum Gasteiger partial charge on any atom is 0.433 e. The third-order valence-electron chi connectivity index (χ3n) is 2.78. The average molecular weight is 289 g/mol. The molecule has 0 aliphatic heterocycles. The number of hydrogen-bond acceptors (Lipinski definition) is 5. The summed E-state index contributed by atoms with van der Waals surface area (Å²) in [6.07, 6.45) is -1.87. The van der Waals surface area contributed by atoms with E-state index in [0.717, 1.165) is 25.1 Å². The van der Waals surface area contributed by atoms with Crippen molar-refractivity contribution in [1.29, 1.82) is 0 Å². The van der Waals surface area contributed by atoms with E-state index in [0.29, 0.717) is 0 Å². The summed E-state index contributed by atoms with van der Waals surface area (Å²) in [4.78, 5) is 20.3. The van der Waals surface area contributed by atoms with Gasteiger partial charge >= 0.3 is 12.1 Å². The highest BCUT2D eigenvalue weighted by Gasteiger charge is 2.36. The van der Waals surface area contributed by atoms with Crippen LogP contribution in [0.3, 0.4) is 0 Å². The Balaban J connectivity index is 2.19. The number of anilines is 1.